The minimum absolute atomic E-state index is 0.352. The minimum Gasteiger partial charge on any atom is -0.297 e. The molecule has 0 amide bonds. The molecule has 3 heteroatoms. The van der Waals surface area contributed by atoms with Gasteiger partial charge in [-0.3, -0.25) is 5.32 Å². The summed E-state index contributed by atoms with van der Waals surface area (Å²) in [6, 6.07) is 6.10. The van der Waals surface area contributed by atoms with Gasteiger partial charge in [0.15, 0.2) is 0 Å². The molecule has 82 valence electrons. The average molecular weight is 216 g/mol. The van der Waals surface area contributed by atoms with Crippen LogP contribution in [0.25, 0.3) is 0 Å². The summed E-state index contributed by atoms with van der Waals surface area (Å²) in [5.41, 5.74) is 0.603. The van der Waals surface area contributed by atoms with E-state index in [1.54, 1.807) is 0 Å². The molecule has 0 radical (unpaired) electrons. The van der Waals surface area contributed by atoms with Crippen molar-refractivity contribution >= 4 is 0 Å². The van der Waals surface area contributed by atoms with Crippen LogP contribution in [0.3, 0.4) is 0 Å². The van der Waals surface area contributed by atoms with Crippen molar-refractivity contribution in [1.29, 1.82) is 5.26 Å². The first-order valence-electron chi connectivity index (χ1n) is 4.90. The molecule has 0 aliphatic heterocycles. The standard InChI is InChI=1S/C13H13FN2/c1-4-13(2,3)16-9-11-7-12(14)6-5-10(11)8-15/h1,5-7,16H,9H2,2-3H3. The van der Waals surface area contributed by atoms with E-state index in [0.717, 1.165) is 0 Å². The molecule has 0 aromatic heterocycles. The van der Waals surface area contributed by atoms with Crippen molar-refractivity contribution in [2.75, 3.05) is 0 Å². The maximum atomic E-state index is 13.0. The molecule has 0 saturated heterocycles. The smallest absolute Gasteiger partial charge is 0.123 e. The Hall–Kier alpha value is -1.84. The number of nitriles is 1. The summed E-state index contributed by atoms with van der Waals surface area (Å²) in [6.45, 7) is 4.06. The van der Waals surface area contributed by atoms with Crippen LogP contribution in [0, 0.1) is 29.5 Å². The molecule has 2 nitrogen and oxygen atoms in total. The fraction of sp³-hybridized carbons (Fsp3) is 0.308. The zero-order valence-corrected chi connectivity index (χ0v) is 9.34. The van der Waals surface area contributed by atoms with Gasteiger partial charge in [-0.2, -0.15) is 5.26 Å². The van der Waals surface area contributed by atoms with Crippen LogP contribution in [0.4, 0.5) is 4.39 Å². The first-order chi connectivity index (χ1) is 7.48. The third-order valence-electron chi connectivity index (χ3n) is 2.27. The fourth-order valence-corrected chi connectivity index (χ4v) is 1.18. The van der Waals surface area contributed by atoms with Crippen molar-refractivity contribution in [3.63, 3.8) is 0 Å². The average Bonchev–Trinajstić information content (AvgIpc) is 2.27. The summed E-state index contributed by atoms with van der Waals surface area (Å²) in [4.78, 5) is 0. The van der Waals surface area contributed by atoms with Crippen LogP contribution in [-0.2, 0) is 6.54 Å². The largest absolute Gasteiger partial charge is 0.297 e. The third-order valence-corrected chi connectivity index (χ3v) is 2.27. The number of terminal acetylenes is 1. The van der Waals surface area contributed by atoms with Gasteiger partial charge in [0.2, 0.25) is 0 Å². The molecule has 0 fully saturated rings. The lowest BCUT2D eigenvalue weighted by molar-refractivity contribution is 0.489. The lowest BCUT2D eigenvalue weighted by Crippen LogP contribution is -2.37. The number of rotatable bonds is 3. The van der Waals surface area contributed by atoms with Gasteiger partial charge in [-0.1, -0.05) is 5.92 Å². The Morgan fingerprint density at radius 1 is 1.50 bits per heavy atom. The summed E-state index contributed by atoms with van der Waals surface area (Å²) in [5.74, 6) is 2.22. The summed E-state index contributed by atoms with van der Waals surface area (Å²) in [6.07, 6.45) is 5.32. The van der Waals surface area contributed by atoms with Gasteiger partial charge in [0.05, 0.1) is 17.2 Å². The van der Waals surface area contributed by atoms with E-state index in [1.165, 1.54) is 18.2 Å². The molecule has 1 aromatic rings. The Morgan fingerprint density at radius 2 is 2.19 bits per heavy atom. The Bertz CT molecular complexity index is 464. The van der Waals surface area contributed by atoms with E-state index in [4.69, 9.17) is 11.7 Å². The van der Waals surface area contributed by atoms with Gasteiger partial charge < -0.3 is 0 Å². The highest BCUT2D eigenvalue weighted by molar-refractivity contribution is 5.38. The normalized spacial score (nSPS) is 10.6. The molecule has 1 aromatic carbocycles. The molecule has 1 rings (SSSR count). The van der Waals surface area contributed by atoms with Crippen LogP contribution in [0.1, 0.15) is 25.0 Å². The van der Waals surface area contributed by atoms with Crippen molar-refractivity contribution in [3.8, 4) is 18.4 Å². The maximum Gasteiger partial charge on any atom is 0.123 e. The molecule has 0 aliphatic carbocycles. The van der Waals surface area contributed by atoms with Gasteiger partial charge in [-0.05, 0) is 37.6 Å². The van der Waals surface area contributed by atoms with Crippen LogP contribution in [0.2, 0.25) is 0 Å². The van der Waals surface area contributed by atoms with Gasteiger partial charge in [-0.15, -0.1) is 6.42 Å². The second kappa shape index (κ2) is 4.79. The molecule has 0 aliphatic rings. The topological polar surface area (TPSA) is 35.8 Å². The lowest BCUT2D eigenvalue weighted by atomic mass is 10.0. The second-order valence-corrected chi connectivity index (χ2v) is 4.04. The van der Waals surface area contributed by atoms with Crippen molar-refractivity contribution in [1.82, 2.24) is 5.32 Å². The predicted octanol–water partition coefficient (Wildman–Crippen LogP) is 2.20. The number of benzene rings is 1. The van der Waals surface area contributed by atoms with E-state index in [1.807, 2.05) is 19.9 Å². The molecule has 0 bridgehead atoms. The van der Waals surface area contributed by atoms with Crippen molar-refractivity contribution in [2.45, 2.75) is 25.9 Å². The van der Waals surface area contributed by atoms with Crippen LogP contribution in [0.5, 0.6) is 0 Å². The second-order valence-electron chi connectivity index (χ2n) is 4.04. The quantitative estimate of drug-likeness (QED) is 0.786. The Balaban J connectivity index is 2.86. The van der Waals surface area contributed by atoms with Gasteiger partial charge in [0.1, 0.15) is 5.82 Å². The summed E-state index contributed by atoms with van der Waals surface area (Å²) < 4.78 is 13.0. The van der Waals surface area contributed by atoms with E-state index in [0.29, 0.717) is 17.7 Å². The first-order valence-corrected chi connectivity index (χ1v) is 4.90. The molecule has 16 heavy (non-hydrogen) atoms. The van der Waals surface area contributed by atoms with Crippen molar-refractivity contribution in [2.24, 2.45) is 0 Å². The zero-order chi connectivity index (χ0) is 12.2. The molecular formula is C13H13FN2. The van der Waals surface area contributed by atoms with Gasteiger partial charge >= 0.3 is 0 Å². The fourth-order valence-electron chi connectivity index (χ4n) is 1.18. The van der Waals surface area contributed by atoms with Crippen LogP contribution in [0.15, 0.2) is 18.2 Å². The zero-order valence-electron chi connectivity index (χ0n) is 9.34. The molecular weight excluding hydrogens is 203 g/mol. The Kier molecular flexibility index (Phi) is 3.66. The number of halogens is 1. The highest BCUT2D eigenvalue weighted by Gasteiger charge is 2.13. The maximum absolute atomic E-state index is 13.0. The number of hydrogen-bond acceptors (Lipinski definition) is 2. The Labute approximate surface area is 95.1 Å². The molecule has 0 unspecified atom stereocenters. The van der Waals surface area contributed by atoms with Crippen LogP contribution >= 0.6 is 0 Å². The molecule has 0 spiro atoms. The van der Waals surface area contributed by atoms with E-state index in [2.05, 4.69) is 11.2 Å². The number of hydrogen-bond donors (Lipinski definition) is 1. The molecule has 1 N–H and O–H groups in total. The molecule has 0 saturated carbocycles. The summed E-state index contributed by atoms with van der Waals surface area (Å²) >= 11 is 0. The van der Waals surface area contributed by atoms with E-state index in [9.17, 15) is 4.39 Å². The minimum atomic E-state index is -0.473. The highest BCUT2D eigenvalue weighted by atomic mass is 19.1. The van der Waals surface area contributed by atoms with Gasteiger partial charge in [-0.25, -0.2) is 4.39 Å². The van der Waals surface area contributed by atoms with Gasteiger partial charge in [0.25, 0.3) is 0 Å². The number of nitrogens with one attached hydrogen (secondary N) is 1. The lowest BCUT2D eigenvalue weighted by Gasteiger charge is -2.19. The summed E-state index contributed by atoms with van der Waals surface area (Å²) in [5, 5.41) is 11.9. The van der Waals surface area contributed by atoms with E-state index in [-0.39, 0.29) is 5.82 Å². The van der Waals surface area contributed by atoms with E-state index >= 15 is 0 Å². The first kappa shape index (κ1) is 12.2. The predicted molar refractivity (Wildman–Crippen MR) is 60.9 cm³/mol. The SMILES string of the molecule is C#CC(C)(C)NCc1cc(F)ccc1C#N. The number of nitrogens with zero attached hydrogens (tertiary/aromatic N) is 1. The summed E-state index contributed by atoms with van der Waals surface area (Å²) in [7, 11) is 0. The molecule has 0 heterocycles. The third kappa shape index (κ3) is 3.08. The van der Waals surface area contributed by atoms with E-state index < -0.39 is 5.54 Å². The van der Waals surface area contributed by atoms with Crippen molar-refractivity contribution in [3.05, 3.63) is 35.1 Å². The van der Waals surface area contributed by atoms with Crippen molar-refractivity contribution < 1.29 is 4.39 Å². The molecule has 0 atom stereocenters. The highest BCUT2D eigenvalue weighted by Crippen LogP contribution is 2.11. The van der Waals surface area contributed by atoms with Gasteiger partial charge in [0, 0.05) is 6.54 Å². The van der Waals surface area contributed by atoms with Crippen LogP contribution < -0.4 is 5.32 Å². The Morgan fingerprint density at radius 3 is 2.75 bits per heavy atom. The monoisotopic (exact) mass is 216 g/mol. The van der Waals surface area contributed by atoms with Crippen LogP contribution in [-0.4, -0.2) is 5.54 Å².